The van der Waals surface area contributed by atoms with E-state index < -0.39 is 11.7 Å². The van der Waals surface area contributed by atoms with Crippen LogP contribution in [0.2, 0.25) is 0 Å². The minimum atomic E-state index is -4.42. The first kappa shape index (κ1) is 20.6. The molecule has 0 spiro atoms. The number of nitrogens with zero attached hydrogens (tertiary/aromatic N) is 1. The number of piperidine rings is 1. The number of likely N-dealkylation sites (tertiary alicyclic amines) is 1. The van der Waals surface area contributed by atoms with Gasteiger partial charge in [-0.05, 0) is 61.8 Å². The maximum atomic E-state index is 13.1. The van der Waals surface area contributed by atoms with Crippen LogP contribution in [-0.2, 0) is 10.9 Å². The van der Waals surface area contributed by atoms with E-state index in [2.05, 4.69) is 10.2 Å². The molecule has 0 aromatic heterocycles. The van der Waals surface area contributed by atoms with Crippen molar-refractivity contribution < 1.29 is 27.8 Å². The fraction of sp³-hybridized carbons (Fsp3) is 0.667. The molecule has 2 aliphatic heterocycles. The molecule has 29 heavy (non-hydrogen) atoms. The lowest BCUT2D eigenvalue weighted by molar-refractivity contribution is -0.137. The van der Waals surface area contributed by atoms with Crippen LogP contribution >= 0.6 is 0 Å². The van der Waals surface area contributed by atoms with Crippen molar-refractivity contribution in [1.82, 2.24) is 10.2 Å². The lowest BCUT2D eigenvalue weighted by atomic mass is 9.96. The van der Waals surface area contributed by atoms with Crippen molar-refractivity contribution in [1.29, 1.82) is 0 Å². The second-order valence-corrected chi connectivity index (χ2v) is 8.35. The molecule has 8 heteroatoms. The molecule has 3 aliphatic rings. The van der Waals surface area contributed by atoms with Crippen molar-refractivity contribution in [3.63, 3.8) is 0 Å². The van der Waals surface area contributed by atoms with E-state index in [0.717, 1.165) is 44.5 Å². The Hall–Kier alpha value is -1.64. The number of amides is 1. The van der Waals surface area contributed by atoms with E-state index in [-0.39, 0.29) is 30.0 Å². The van der Waals surface area contributed by atoms with Gasteiger partial charge in [0.1, 0.15) is 0 Å². The van der Waals surface area contributed by atoms with E-state index >= 15 is 0 Å². The number of rotatable bonds is 4. The second kappa shape index (κ2) is 8.24. The fourth-order valence-corrected chi connectivity index (χ4v) is 4.44. The first-order chi connectivity index (χ1) is 13.8. The molecule has 1 aromatic carbocycles. The van der Waals surface area contributed by atoms with Gasteiger partial charge in [0.25, 0.3) is 5.91 Å². The van der Waals surface area contributed by atoms with Crippen LogP contribution < -0.4 is 5.32 Å². The number of halogens is 3. The van der Waals surface area contributed by atoms with Gasteiger partial charge in [0.2, 0.25) is 0 Å². The van der Waals surface area contributed by atoms with E-state index in [9.17, 15) is 23.1 Å². The topological polar surface area (TPSA) is 61.8 Å². The Balaban J connectivity index is 1.50. The number of carbonyl (C=O) groups excluding carboxylic acids is 1. The highest BCUT2D eigenvalue weighted by Crippen LogP contribution is 2.43. The van der Waals surface area contributed by atoms with Crippen molar-refractivity contribution >= 4 is 5.91 Å². The number of aliphatic hydroxyl groups excluding tert-OH is 1. The van der Waals surface area contributed by atoms with Crippen LogP contribution in [0, 0.1) is 0 Å². The summed E-state index contributed by atoms with van der Waals surface area (Å²) in [5, 5.41) is 12.8. The molecule has 0 unspecified atom stereocenters. The van der Waals surface area contributed by atoms with Crippen molar-refractivity contribution in [2.75, 3.05) is 26.3 Å². The molecule has 1 aliphatic carbocycles. The average Bonchev–Trinajstić information content (AvgIpc) is 3.53. The molecule has 3 fully saturated rings. The molecule has 0 radical (unpaired) electrons. The molecule has 4 rings (SSSR count). The van der Waals surface area contributed by atoms with Gasteiger partial charge in [-0.1, -0.05) is 0 Å². The molecule has 2 atom stereocenters. The Morgan fingerprint density at radius 2 is 1.86 bits per heavy atom. The third-order valence-electron chi connectivity index (χ3n) is 6.25. The Morgan fingerprint density at radius 1 is 1.14 bits per heavy atom. The highest BCUT2D eigenvalue weighted by Gasteiger charge is 2.37. The molecule has 1 aromatic rings. The quantitative estimate of drug-likeness (QED) is 0.798. The Bertz CT molecular complexity index is 743. The molecular weight excluding hydrogens is 385 g/mol. The molecule has 1 saturated carbocycles. The molecule has 0 bridgehead atoms. The summed E-state index contributed by atoms with van der Waals surface area (Å²) < 4.78 is 44.9. The first-order valence-corrected chi connectivity index (χ1v) is 10.3. The average molecular weight is 412 g/mol. The van der Waals surface area contributed by atoms with Crippen molar-refractivity contribution in [2.24, 2.45) is 0 Å². The molecule has 2 heterocycles. The minimum Gasteiger partial charge on any atom is -0.393 e. The SMILES string of the molecule is O=C(N[C@@H]1COCC[C@H]1N1CCC(O)CC1)c1ccc(C(F)(F)F)cc1C1CC1. The molecular formula is C21H27F3N2O3. The summed E-state index contributed by atoms with van der Waals surface area (Å²) in [7, 11) is 0. The third-order valence-corrected chi connectivity index (χ3v) is 6.25. The summed E-state index contributed by atoms with van der Waals surface area (Å²) in [5.74, 6) is -0.307. The number of nitrogens with one attached hydrogen (secondary N) is 1. The number of aliphatic hydroxyl groups is 1. The summed E-state index contributed by atoms with van der Waals surface area (Å²) in [4.78, 5) is 15.3. The summed E-state index contributed by atoms with van der Waals surface area (Å²) in [6, 6.07) is 3.32. The Morgan fingerprint density at radius 3 is 2.52 bits per heavy atom. The smallest absolute Gasteiger partial charge is 0.393 e. The van der Waals surface area contributed by atoms with Crippen LogP contribution in [0.15, 0.2) is 18.2 Å². The van der Waals surface area contributed by atoms with E-state index in [1.807, 2.05) is 0 Å². The molecule has 1 amide bonds. The minimum absolute atomic E-state index is 0.0278. The van der Waals surface area contributed by atoms with E-state index in [4.69, 9.17) is 4.74 Å². The molecule has 2 saturated heterocycles. The second-order valence-electron chi connectivity index (χ2n) is 8.35. The van der Waals surface area contributed by atoms with Crippen molar-refractivity contribution in [3.8, 4) is 0 Å². The van der Waals surface area contributed by atoms with Gasteiger partial charge in [0, 0.05) is 31.3 Å². The van der Waals surface area contributed by atoms with Gasteiger partial charge in [-0.3, -0.25) is 9.69 Å². The van der Waals surface area contributed by atoms with Gasteiger partial charge in [-0.15, -0.1) is 0 Å². The predicted molar refractivity (Wildman–Crippen MR) is 101 cm³/mol. The van der Waals surface area contributed by atoms with Crippen molar-refractivity contribution in [3.05, 3.63) is 34.9 Å². The number of benzene rings is 1. The predicted octanol–water partition coefficient (Wildman–Crippen LogP) is 2.93. The molecule has 5 nitrogen and oxygen atoms in total. The van der Waals surface area contributed by atoms with Crippen LogP contribution in [0.1, 0.15) is 59.5 Å². The number of hydrogen-bond acceptors (Lipinski definition) is 4. The normalized spacial score (nSPS) is 27.0. The van der Waals surface area contributed by atoms with Gasteiger partial charge < -0.3 is 15.2 Å². The largest absolute Gasteiger partial charge is 0.416 e. The van der Waals surface area contributed by atoms with E-state index in [1.165, 1.54) is 6.07 Å². The van der Waals surface area contributed by atoms with Gasteiger partial charge >= 0.3 is 6.18 Å². The molecule has 160 valence electrons. The summed E-state index contributed by atoms with van der Waals surface area (Å²) in [5.41, 5.74) is 0.118. The maximum Gasteiger partial charge on any atom is 0.416 e. The van der Waals surface area contributed by atoms with Crippen LogP contribution in [0.25, 0.3) is 0 Å². The number of ether oxygens (including phenoxy) is 1. The number of alkyl halides is 3. The highest BCUT2D eigenvalue weighted by atomic mass is 19.4. The van der Waals surface area contributed by atoms with Crippen LogP contribution in [0.3, 0.4) is 0 Å². The Labute approximate surface area is 168 Å². The maximum absolute atomic E-state index is 13.1. The zero-order valence-electron chi connectivity index (χ0n) is 16.3. The number of hydrogen-bond donors (Lipinski definition) is 2. The summed E-state index contributed by atoms with van der Waals surface area (Å²) in [6.45, 7) is 2.54. The highest BCUT2D eigenvalue weighted by molar-refractivity contribution is 5.96. The van der Waals surface area contributed by atoms with Crippen molar-refractivity contribution in [2.45, 2.75) is 62.4 Å². The zero-order valence-corrected chi connectivity index (χ0v) is 16.3. The monoisotopic (exact) mass is 412 g/mol. The first-order valence-electron chi connectivity index (χ1n) is 10.3. The lowest BCUT2D eigenvalue weighted by Gasteiger charge is -2.42. The van der Waals surface area contributed by atoms with E-state index in [0.29, 0.717) is 37.2 Å². The standard InChI is InChI=1S/C21H27F3N2O3/c22-21(23,24)14-3-4-16(17(11-14)13-1-2-13)20(28)25-18-12-29-10-7-19(18)26-8-5-15(27)6-9-26/h3-4,11,13,15,18-19,27H,1-2,5-10,12H2,(H,25,28)/t18-,19-/m1/s1. The number of carbonyl (C=O) groups is 1. The van der Waals surface area contributed by atoms with Crippen LogP contribution in [0.4, 0.5) is 13.2 Å². The van der Waals surface area contributed by atoms with Crippen LogP contribution in [-0.4, -0.2) is 60.4 Å². The third kappa shape index (κ3) is 4.75. The van der Waals surface area contributed by atoms with Gasteiger partial charge in [0.15, 0.2) is 0 Å². The Kier molecular flexibility index (Phi) is 5.86. The van der Waals surface area contributed by atoms with Gasteiger partial charge in [-0.2, -0.15) is 13.2 Å². The summed E-state index contributed by atoms with van der Waals surface area (Å²) in [6.07, 6.45) is -0.860. The summed E-state index contributed by atoms with van der Waals surface area (Å²) >= 11 is 0. The van der Waals surface area contributed by atoms with E-state index in [1.54, 1.807) is 0 Å². The van der Waals surface area contributed by atoms with Gasteiger partial charge in [-0.25, -0.2) is 0 Å². The lowest BCUT2D eigenvalue weighted by Crippen LogP contribution is -2.58. The zero-order chi connectivity index (χ0) is 20.6. The molecule has 2 N–H and O–H groups in total. The fourth-order valence-electron chi connectivity index (χ4n) is 4.44. The van der Waals surface area contributed by atoms with Gasteiger partial charge in [0.05, 0.1) is 24.3 Å². The van der Waals surface area contributed by atoms with Crippen LogP contribution in [0.5, 0.6) is 0 Å².